The van der Waals surface area contributed by atoms with Crippen LogP contribution in [0.15, 0.2) is 11.1 Å². The van der Waals surface area contributed by atoms with Crippen LogP contribution in [0.25, 0.3) is 6.08 Å². The summed E-state index contributed by atoms with van der Waals surface area (Å²) in [5, 5.41) is 9.64. The molecule has 2 N–H and O–H groups in total. The molecule has 68 valence electrons. The van der Waals surface area contributed by atoms with Crippen molar-refractivity contribution < 1.29 is 5.11 Å². The van der Waals surface area contributed by atoms with Crippen molar-refractivity contribution in [3.8, 4) is 0 Å². The fourth-order valence-corrected chi connectivity index (χ4v) is 1.20. The highest BCUT2D eigenvalue weighted by Gasteiger charge is 2.17. The second-order valence-electron chi connectivity index (χ2n) is 3.38. The molecular weight excluding hydrogens is 166 g/mol. The molecule has 0 aliphatic carbocycles. The van der Waals surface area contributed by atoms with Crippen LogP contribution in [0.4, 0.5) is 5.82 Å². The van der Waals surface area contributed by atoms with Crippen LogP contribution in [0.5, 0.6) is 0 Å². The second kappa shape index (κ2) is 2.53. The summed E-state index contributed by atoms with van der Waals surface area (Å²) in [5.41, 5.74) is -0.137. The monoisotopic (exact) mass is 177 g/mol. The molecular formula is C9H11N3O. The molecule has 0 saturated carbocycles. The van der Waals surface area contributed by atoms with Crippen molar-refractivity contribution in [3.05, 3.63) is 17.6 Å². The first-order valence-electron chi connectivity index (χ1n) is 4.10. The lowest BCUT2D eigenvalue weighted by atomic mass is 10.1. The third-order valence-electron chi connectivity index (χ3n) is 1.87. The molecule has 1 aromatic heterocycles. The number of hydrogen-bond donors (Lipinski definition) is 2. The van der Waals surface area contributed by atoms with Crippen LogP contribution >= 0.6 is 0 Å². The number of nitrogens with one attached hydrogen (secondary N) is 1. The Bertz CT molecular complexity index is 354. The Balaban J connectivity index is 2.50. The Labute approximate surface area is 76.0 Å². The van der Waals surface area contributed by atoms with E-state index >= 15 is 0 Å². The molecule has 0 fully saturated rings. The molecule has 1 unspecified atom stereocenters. The lowest BCUT2D eigenvalue weighted by Gasteiger charge is -2.09. The van der Waals surface area contributed by atoms with Crippen LogP contribution < -0.4 is 0 Å². The molecule has 0 aromatic carbocycles. The fraction of sp³-hybridized carbons (Fsp3) is 0.333. The Hall–Kier alpha value is -1.42. The van der Waals surface area contributed by atoms with Gasteiger partial charge in [0, 0.05) is 6.21 Å². The zero-order valence-corrected chi connectivity index (χ0v) is 7.57. The standard InChI is InChI=1S/C9H11N3O/c1-6-11-7-3-4-9(2,13)5-10-8(7)12-6/h3-5,13H,1-2H3,(H,11,12). The molecule has 0 radical (unpaired) electrons. The van der Waals surface area contributed by atoms with Crippen molar-refractivity contribution in [2.24, 2.45) is 4.99 Å². The van der Waals surface area contributed by atoms with E-state index in [1.54, 1.807) is 19.1 Å². The number of nitrogens with zero attached hydrogens (tertiary/aromatic N) is 2. The third kappa shape index (κ3) is 1.53. The number of aromatic amines is 1. The van der Waals surface area contributed by atoms with Crippen molar-refractivity contribution in [1.82, 2.24) is 9.97 Å². The van der Waals surface area contributed by atoms with Crippen molar-refractivity contribution >= 4 is 18.1 Å². The summed E-state index contributed by atoms with van der Waals surface area (Å²) in [6.45, 7) is 3.54. The molecule has 1 aliphatic rings. The Kier molecular flexibility index (Phi) is 1.60. The molecule has 2 rings (SSSR count). The third-order valence-corrected chi connectivity index (χ3v) is 1.87. The Morgan fingerprint density at radius 1 is 1.54 bits per heavy atom. The molecule has 0 saturated heterocycles. The number of aryl methyl sites for hydroxylation is 1. The average molecular weight is 177 g/mol. The normalized spacial score (nSPS) is 25.8. The molecule has 0 spiro atoms. The first-order valence-corrected chi connectivity index (χ1v) is 4.10. The number of aliphatic hydroxyl groups is 1. The molecule has 2 heterocycles. The maximum atomic E-state index is 9.64. The molecule has 4 nitrogen and oxygen atoms in total. The zero-order chi connectivity index (χ0) is 9.47. The fourth-order valence-electron chi connectivity index (χ4n) is 1.20. The number of rotatable bonds is 0. The van der Waals surface area contributed by atoms with E-state index in [1.807, 2.05) is 6.92 Å². The largest absolute Gasteiger partial charge is 0.380 e. The molecule has 1 aliphatic heterocycles. The van der Waals surface area contributed by atoms with Gasteiger partial charge in [-0.25, -0.2) is 9.98 Å². The zero-order valence-electron chi connectivity index (χ0n) is 7.57. The topological polar surface area (TPSA) is 61.3 Å². The molecule has 1 aromatic rings. The summed E-state index contributed by atoms with van der Waals surface area (Å²) >= 11 is 0. The quantitative estimate of drug-likeness (QED) is 0.625. The van der Waals surface area contributed by atoms with Crippen molar-refractivity contribution in [2.45, 2.75) is 19.4 Å². The number of aromatic nitrogens is 2. The average Bonchev–Trinajstić information content (AvgIpc) is 2.34. The minimum atomic E-state index is -0.977. The summed E-state index contributed by atoms with van der Waals surface area (Å²) in [4.78, 5) is 11.3. The van der Waals surface area contributed by atoms with E-state index < -0.39 is 5.60 Å². The minimum absolute atomic E-state index is 0.631. The van der Waals surface area contributed by atoms with E-state index in [0.717, 1.165) is 11.5 Å². The minimum Gasteiger partial charge on any atom is -0.380 e. The highest BCUT2D eigenvalue weighted by molar-refractivity contribution is 5.79. The van der Waals surface area contributed by atoms with Gasteiger partial charge >= 0.3 is 0 Å². The van der Waals surface area contributed by atoms with Gasteiger partial charge in [-0.05, 0) is 26.0 Å². The van der Waals surface area contributed by atoms with E-state index in [9.17, 15) is 5.11 Å². The summed E-state index contributed by atoms with van der Waals surface area (Å²) in [6.07, 6.45) is 4.96. The number of hydrogen-bond acceptors (Lipinski definition) is 3. The van der Waals surface area contributed by atoms with Gasteiger partial charge in [-0.15, -0.1) is 0 Å². The lowest BCUT2D eigenvalue weighted by molar-refractivity contribution is 0.191. The molecule has 0 bridgehead atoms. The van der Waals surface area contributed by atoms with Crippen LogP contribution in [0.1, 0.15) is 18.4 Å². The van der Waals surface area contributed by atoms with Crippen LogP contribution in [-0.2, 0) is 0 Å². The van der Waals surface area contributed by atoms with Gasteiger partial charge in [0.2, 0.25) is 0 Å². The van der Waals surface area contributed by atoms with E-state index in [2.05, 4.69) is 15.0 Å². The van der Waals surface area contributed by atoms with E-state index in [-0.39, 0.29) is 0 Å². The summed E-state index contributed by atoms with van der Waals surface area (Å²) in [5.74, 6) is 1.46. The Morgan fingerprint density at radius 2 is 2.31 bits per heavy atom. The van der Waals surface area contributed by atoms with Gasteiger partial charge in [0.1, 0.15) is 11.4 Å². The van der Waals surface area contributed by atoms with E-state index in [4.69, 9.17) is 0 Å². The maximum Gasteiger partial charge on any atom is 0.177 e. The number of aliphatic imine (C=N–C) groups is 1. The number of fused-ring (bicyclic) bond motifs is 1. The lowest BCUT2D eigenvalue weighted by Crippen LogP contribution is -2.21. The summed E-state index contributed by atoms with van der Waals surface area (Å²) in [7, 11) is 0. The first-order chi connectivity index (χ1) is 6.07. The maximum absolute atomic E-state index is 9.64. The van der Waals surface area contributed by atoms with Gasteiger partial charge in [0.05, 0.1) is 5.69 Å². The van der Waals surface area contributed by atoms with Gasteiger partial charge in [0.25, 0.3) is 0 Å². The molecule has 4 heteroatoms. The first kappa shape index (κ1) is 8.19. The van der Waals surface area contributed by atoms with E-state index in [0.29, 0.717) is 5.82 Å². The van der Waals surface area contributed by atoms with Crippen LogP contribution in [0.2, 0.25) is 0 Å². The predicted octanol–water partition coefficient (Wildman–Crippen LogP) is 1.20. The van der Waals surface area contributed by atoms with E-state index in [1.165, 1.54) is 6.21 Å². The Morgan fingerprint density at radius 3 is 3.08 bits per heavy atom. The molecule has 1 atom stereocenters. The van der Waals surface area contributed by atoms with Crippen LogP contribution in [0.3, 0.4) is 0 Å². The van der Waals surface area contributed by atoms with Gasteiger partial charge < -0.3 is 10.1 Å². The number of H-pyrrole nitrogens is 1. The van der Waals surface area contributed by atoms with Gasteiger partial charge in [0.15, 0.2) is 5.82 Å². The predicted molar refractivity (Wildman–Crippen MR) is 51.1 cm³/mol. The van der Waals surface area contributed by atoms with Crippen LogP contribution in [-0.4, -0.2) is 26.9 Å². The highest BCUT2D eigenvalue weighted by atomic mass is 16.3. The summed E-state index contributed by atoms with van der Waals surface area (Å²) < 4.78 is 0. The molecule has 0 amide bonds. The summed E-state index contributed by atoms with van der Waals surface area (Å²) in [6, 6.07) is 0. The van der Waals surface area contributed by atoms with Crippen molar-refractivity contribution in [2.75, 3.05) is 0 Å². The van der Waals surface area contributed by atoms with Gasteiger partial charge in [-0.3, -0.25) is 0 Å². The highest BCUT2D eigenvalue weighted by Crippen LogP contribution is 2.22. The van der Waals surface area contributed by atoms with Crippen molar-refractivity contribution in [1.29, 1.82) is 0 Å². The van der Waals surface area contributed by atoms with Crippen LogP contribution in [0, 0.1) is 6.92 Å². The number of imidazole rings is 1. The molecule has 13 heavy (non-hydrogen) atoms. The SMILES string of the molecule is Cc1nc2c([nH]1)C=CC(C)(O)C=N2. The second-order valence-corrected chi connectivity index (χ2v) is 3.38. The van der Waals surface area contributed by atoms with Gasteiger partial charge in [-0.2, -0.15) is 0 Å². The van der Waals surface area contributed by atoms with Crippen molar-refractivity contribution in [3.63, 3.8) is 0 Å². The van der Waals surface area contributed by atoms with Gasteiger partial charge in [-0.1, -0.05) is 0 Å². The smallest absolute Gasteiger partial charge is 0.177 e.